The van der Waals surface area contributed by atoms with Crippen molar-refractivity contribution in [3.05, 3.63) is 130 Å². The van der Waals surface area contributed by atoms with Crippen LogP contribution in [0.25, 0.3) is 0 Å². The third kappa shape index (κ3) is 5.63. The normalized spacial score (nSPS) is 15.2. The minimum atomic E-state index is -1.21. The number of ether oxygens (including phenoxy) is 1. The highest BCUT2D eigenvalue weighted by Gasteiger charge is 2.44. The highest BCUT2D eigenvalue weighted by atomic mass is 35.5. The van der Waals surface area contributed by atoms with Crippen molar-refractivity contribution in [1.29, 1.82) is 0 Å². The van der Waals surface area contributed by atoms with E-state index in [-0.39, 0.29) is 46.6 Å². The van der Waals surface area contributed by atoms with Crippen molar-refractivity contribution in [2.24, 2.45) is 0 Å². The summed E-state index contributed by atoms with van der Waals surface area (Å²) in [6.07, 6.45) is 0.108. The molecule has 2 heterocycles. The Kier molecular flexibility index (Phi) is 8.05. The Hall–Kier alpha value is -5.12. The monoisotopic (exact) mass is 640 g/mol. The van der Waals surface area contributed by atoms with Crippen LogP contribution in [0.3, 0.4) is 0 Å². The van der Waals surface area contributed by atoms with Gasteiger partial charge in [-0.25, -0.2) is 0 Å². The molecule has 224 valence electrons. The minimum Gasteiger partial charge on any atom is -0.457 e. The van der Waals surface area contributed by atoms with Crippen molar-refractivity contribution in [1.82, 2.24) is 9.80 Å². The molecule has 45 heavy (non-hydrogen) atoms. The topological polar surface area (TPSA) is 118 Å². The van der Waals surface area contributed by atoms with E-state index in [0.29, 0.717) is 0 Å². The molecule has 0 aliphatic carbocycles. The average Bonchev–Trinajstić information content (AvgIpc) is 3.42. The third-order valence-electron chi connectivity index (χ3n) is 7.71. The maximum Gasteiger partial charge on any atom is 0.262 e. The zero-order valence-corrected chi connectivity index (χ0v) is 24.8. The molecule has 0 saturated heterocycles. The molecule has 0 bridgehead atoms. The number of carbonyl (C=O) groups is 6. The van der Waals surface area contributed by atoms with Gasteiger partial charge in [0.25, 0.3) is 23.6 Å². The molecule has 6 rings (SSSR count). The number of rotatable bonds is 10. The zero-order chi connectivity index (χ0) is 31.8. The van der Waals surface area contributed by atoms with Gasteiger partial charge in [0.1, 0.15) is 23.6 Å². The molecule has 9 nitrogen and oxygen atoms in total. The van der Waals surface area contributed by atoms with Crippen LogP contribution < -0.4 is 4.74 Å². The number of halogens is 2. The molecule has 4 amide bonds. The summed E-state index contributed by atoms with van der Waals surface area (Å²) in [5.41, 5.74) is 1.67. The van der Waals surface area contributed by atoms with E-state index in [2.05, 4.69) is 0 Å². The van der Waals surface area contributed by atoms with E-state index in [1.54, 1.807) is 60.7 Å². The fourth-order valence-corrected chi connectivity index (χ4v) is 5.88. The molecule has 0 aromatic heterocycles. The van der Waals surface area contributed by atoms with Crippen LogP contribution in [0.1, 0.15) is 52.6 Å². The first-order chi connectivity index (χ1) is 21.6. The second kappa shape index (κ2) is 12.1. The van der Waals surface area contributed by atoms with Gasteiger partial charge < -0.3 is 4.74 Å². The number of benzene rings is 4. The Balaban J connectivity index is 1.23. The van der Waals surface area contributed by atoms with E-state index in [4.69, 9.17) is 27.9 Å². The molecule has 4 aromatic rings. The van der Waals surface area contributed by atoms with E-state index in [1.165, 1.54) is 36.4 Å². The predicted molar refractivity (Wildman–Crippen MR) is 164 cm³/mol. The van der Waals surface area contributed by atoms with Gasteiger partial charge in [-0.1, -0.05) is 60.7 Å². The molecular formula is C34H22Cl2N2O7. The lowest BCUT2D eigenvalue weighted by molar-refractivity contribution is -0.115. The van der Waals surface area contributed by atoms with Gasteiger partial charge in [-0.05, 0) is 70.7 Å². The smallest absolute Gasteiger partial charge is 0.262 e. The van der Waals surface area contributed by atoms with Crippen LogP contribution >= 0.6 is 23.2 Å². The summed E-state index contributed by atoms with van der Waals surface area (Å²) >= 11 is 11.7. The van der Waals surface area contributed by atoms with Gasteiger partial charge in [-0.2, -0.15) is 0 Å². The van der Waals surface area contributed by atoms with Crippen molar-refractivity contribution in [2.75, 3.05) is 0 Å². The Morgan fingerprint density at radius 1 is 0.533 bits per heavy atom. The largest absolute Gasteiger partial charge is 0.457 e. The van der Waals surface area contributed by atoms with Crippen LogP contribution in [0.15, 0.2) is 97.1 Å². The fourth-order valence-electron chi connectivity index (χ4n) is 5.53. The SMILES string of the molecule is O=C(Cl)[C@H](Cc1ccccc1)N1C(=O)c2ccc(Oc3ccc4c(c3)C(=O)N([C@@H](Cc3ccccc3)C(=O)Cl)C4=O)cc2C1=O. The standard InChI is InChI=1S/C34H22Cl2N2O7/c35-29(39)27(15-19-7-3-1-4-8-19)37-31(41)23-13-11-21(17-25(23)33(37)43)45-22-12-14-24-26(18-22)34(44)38(32(24)42)28(30(36)40)16-20-9-5-2-6-10-20/h1-14,17-18,27-28H,15-16H2/t27-,28-/m0/s1. The maximum atomic E-state index is 13.4. The highest BCUT2D eigenvalue weighted by molar-refractivity contribution is 6.65. The maximum absolute atomic E-state index is 13.4. The Bertz CT molecular complexity index is 1760. The summed E-state index contributed by atoms with van der Waals surface area (Å²) in [5.74, 6) is -2.37. The van der Waals surface area contributed by atoms with Gasteiger partial charge >= 0.3 is 0 Å². The molecule has 4 aromatic carbocycles. The van der Waals surface area contributed by atoms with Crippen molar-refractivity contribution >= 4 is 57.3 Å². The van der Waals surface area contributed by atoms with E-state index in [1.807, 2.05) is 0 Å². The summed E-state index contributed by atoms with van der Waals surface area (Å²) in [6.45, 7) is 0. The van der Waals surface area contributed by atoms with Gasteiger partial charge in [-0.15, -0.1) is 0 Å². The fraction of sp³-hybridized carbons (Fsp3) is 0.118. The molecule has 0 spiro atoms. The molecule has 0 fully saturated rings. The number of hydrogen-bond donors (Lipinski definition) is 0. The first kappa shape index (κ1) is 29.9. The molecule has 2 atom stereocenters. The van der Waals surface area contributed by atoms with Crippen LogP contribution in [-0.4, -0.2) is 56.0 Å². The van der Waals surface area contributed by atoms with Crippen molar-refractivity contribution in [2.45, 2.75) is 24.9 Å². The van der Waals surface area contributed by atoms with Gasteiger partial charge in [-0.3, -0.25) is 38.6 Å². The van der Waals surface area contributed by atoms with Crippen molar-refractivity contribution in [3.8, 4) is 11.5 Å². The zero-order valence-electron chi connectivity index (χ0n) is 23.3. The molecule has 0 saturated carbocycles. The molecule has 2 aliphatic heterocycles. The van der Waals surface area contributed by atoms with Gasteiger partial charge in [0, 0.05) is 12.8 Å². The summed E-state index contributed by atoms with van der Waals surface area (Å²) in [6, 6.07) is 23.8. The van der Waals surface area contributed by atoms with E-state index in [9.17, 15) is 28.8 Å². The Morgan fingerprint density at radius 3 is 1.24 bits per heavy atom. The number of nitrogens with zero attached hydrogens (tertiary/aromatic N) is 2. The Labute approximate surface area is 266 Å². The molecule has 2 aliphatic rings. The Morgan fingerprint density at radius 2 is 0.889 bits per heavy atom. The molecular weight excluding hydrogens is 619 g/mol. The lowest BCUT2D eigenvalue weighted by Crippen LogP contribution is -2.44. The van der Waals surface area contributed by atoms with Gasteiger partial charge in [0.15, 0.2) is 0 Å². The number of carbonyl (C=O) groups excluding carboxylic acids is 6. The quantitative estimate of drug-likeness (QED) is 0.168. The summed E-state index contributed by atoms with van der Waals surface area (Å²) in [7, 11) is 0. The predicted octanol–water partition coefficient (Wildman–Crippen LogP) is 5.42. The summed E-state index contributed by atoms with van der Waals surface area (Å²) in [5, 5.41) is -1.70. The van der Waals surface area contributed by atoms with Gasteiger partial charge in [0.2, 0.25) is 10.5 Å². The second-order valence-corrected chi connectivity index (χ2v) is 11.2. The molecule has 0 radical (unpaired) electrons. The van der Waals surface area contributed by atoms with E-state index < -0.39 is 46.2 Å². The number of hydrogen-bond acceptors (Lipinski definition) is 7. The van der Waals surface area contributed by atoms with E-state index >= 15 is 0 Å². The minimum absolute atomic E-state index is 0.0245. The van der Waals surface area contributed by atoms with Gasteiger partial charge in [0.05, 0.1) is 22.3 Å². The molecule has 11 heteroatoms. The average molecular weight is 641 g/mol. The summed E-state index contributed by atoms with van der Waals surface area (Å²) < 4.78 is 5.92. The number of amides is 4. The first-order valence-corrected chi connectivity index (χ1v) is 14.6. The van der Waals surface area contributed by atoms with Crippen molar-refractivity contribution in [3.63, 3.8) is 0 Å². The number of fused-ring (bicyclic) bond motifs is 2. The van der Waals surface area contributed by atoms with Crippen LogP contribution in [0.5, 0.6) is 11.5 Å². The highest BCUT2D eigenvalue weighted by Crippen LogP contribution is 2.34. The van der Waals surface area contributed by atoms with Crippen LogP contribution in [0.2, 0.25) is 0 Å². The van der Waals surface area contributed by atoms with Crippen LogP contribution in [0, 0.1) is 0 Å². The number of imide groups is 2. The lowest BCUT2D eigenvalue weighted by Gasteiger charge is -2.23. The van der Waals surface area contributed by atoms with Crippen LogP contribution in [0.4, 0.5) is 0 Å². The lowest BCUT2D eigenvalue weighted by atomic mass is 10.1. The first-order valence-electron chi connectivity index (χ1n) is 13.8. The van der Waals surface area contributed by atoms with Crippen LogP contribution in [-0.2, 0) is 22.4 Å². The third-order valence-corrected chi connectivity index (χ3v) is 8.21. The van der Waals surface area contributed by atoms with Crippen molar-refractivity contribution < 1.29 is 33.5 Å². The summed E-state index contributed by atoms with van der Waals surface area (Å²) in [4.78, 5) is 79.5. The molecule has 0 unspecified atom stereocenters. The second-order valence-electron chi connectivity index (χ2n) is 10.5. The van der Waals surface area contributed by atoms with E-state index in [0.717, 1.165) is 20.9 Å². The molecule has 0 N–H and O–H groups in total.